The van der Waals surface area contributed by atoms with Gasteiger partial charge >= 0.3 is 6.09 Å². The Labute approximate surface area is 308 Å². The molecule has 2 fully saturated rings. The van der Waals surface area contributed by atoms with E-state index in [4.69, 9.17) is 14.7 Å². The average Bonchev–Trinajstić information content (AvgIpc) is 3.38. The Balaban J connectivity index is 1.28. The smallest absolute Gasteiger partial charge is 0.410 e. The van der Waals surface area contributed by atoms with Gasteiger partial charge in [0.15, 0.2) is 5.03 Å². The molecule has 4 bridgehead atoms. The van der Waals surface area contributed by atoms with Crippen molar-refractivity contribution < 1.29 is 22.7 Å². The number of anilines is 2. The molecule has 6 rings (SSSR count). The first-order valence-corrected chi connectivity index (χ1v) is 19.8. The third-order valence-corrected chi connectivity index (χ3v) is 11.5. The first-order chi connectivity index (χ1) is 24.3. The molecule has 3 aromatic rings. The van der Waals surface area contributed by atoms with Gasteiger partial charge in [-0.25, -0.2) is 19.5 Å². The predicted molar refractivity (Wildman–Crippen MR) is 201 cm³/mol. The zero-order valence-electron chi connectivity index (χ0n) is 31.7. The molecule has 2 atom stereocenters. The van der Waals surface area contributed by atoms with Crippen LogP contribution in [0.3, 0.4) is 0 Å². The number of piperidine rings is 1. The van der Waals surface area contributed by atoms with Gasteiger partial charge in [-0.2, -0.15) is 8.42 Å². The molecular formula is C39H53N7O5S. The molecule has 13 heteroatoms. The largest absolute Gasteiger partial charge is 0.444 e. The fourth-order valence-electron chi connectivity index (χ4n) is 7.54. The van der Waals surface area contributed by atoms with E-state index in [9.17, 15) is 18.0 Å². The Bertz CT molecular complexity index is 1910. The van der Waals surface area contributed by atoms with Crippen molar-refractivity contribution in [2.24, 2.45) is 5.92 Å². The van der Waals surface area contributed by atoms with E-state index in [0.29, 0.717) is 31.3 Å². The SMILES string of the molecule is CC(C)(C)OC(=O)N1CCC(c2ccc(C3CC[C@@H]4CN(c5nc(C(C)(C)C)ccc5C(=O)NS(=O)(=O)c5cccc(n5)N3)C(C)(C)C4)nc2)CC1. The van der Waals surface area contributed by atoms with E-state index in [1.165, 1.54) is 6.07 Å². The number of aromatic nitrogens is 3. The lowest BCUT2D eigenvalue weighted by molar-refractivity contribution is 0.0204. The van der Waals surface area contributed by atoms with Crippen LogP contribution in [0, 0.1) is 5.92 Å². The Kier molecular flexibility index (Phi) is 10.1. The molecule has 2 amide bonds. The van der Waals surface area contributed by atoms with Crippen LogP contribution < -0.4 is 14.9 Å². The molecule has 6 heterocycles. The van der Waals surface area contributed by atoms with Gasteiger partial charge < -0.3 is 19.9 Å². The number of pyridine rings is 3. The Morgan fingerprint density at radius 1 is 0.942 bits per heavy atom. The highest BCUT2D eigenvalue weighted by molar-refractivity contribution is 7.90. The third kappa shape index (κ3) is 8.35. The van der Waals surface area contributed by atoms with E-state index in [0.717, 1.165) is 49.1 Å². The van der Waals surface area contributed by atoms with Crippen molar-refractivity contribution in [1.29, 1.82) is 0 Å². The molecule has 3 aliphatic rings. The maximum atomic E-state index is 13.7. The first-order valence-electron chi connectivity index (χ1n) is 18.3. The minimum Gasteiger partial charge on any atom is -0.444 e. The van der Waals surface area contributed by atoms with Crippen LogP contribution in [0.4, 0.5) is 16.4 Å². The van der Waals surface area contributed by atoms with Gasteiger partial charge in [0.25, 0.3) is 15.9 Å². The second-order valence-electron chi connectivity index (χ2n) is 17.1. The molecule has 52 heavy (non-hydrogen) atoms. The van der Waals surface area contributed by atoms with Crippen molar-refractivity contribution in [2.75, 3.05) is 29.9 Å². The molecule has 280 valence electrons. The van der Waals surface area contributed by atoms with E-state index in [-0.39, 0.29) is 45.5 Å². The normalized spacial score (nSPS) is 22.3. The number of nitrogens with zero attached hydrogens (tertiary/aromatic N) is 5. The van der Waals surface area contributed by atoms with E-state index in [2.05, 4.69) is 60.6 Å². The zero-order valence-corrected chi connectivity index (χ0v) is 32.5. The van der Waals surface area contributed by atoms with E-state index in [1.54, 1.807) is 29.2 Å². The summed E-state index contributed by atoms with van der Waals surface area (Å²) in [7, 11) is -4.32. The lowest BCUT2D eigenvalue weighted by Crippen LogP contribution is -2.41. The molecule has 3 aliphatic heterocycles. The molecule has 3 aromatic heterocycles. The van der Waals surface area contributed by atoms with Crippen molar-refractivity contribution in [3.8, 4) is 0 Å². The van der Waals surface area contributed by atoms with Crippen LogP contribution in [0.2, 0.25) is 0 Å². The number of carbonyl (C=O) groups is 2. The molecular weight excluding hydrogens is 679 g/mol. The highest BCUT2D eigenvalue weighted by Gasteiger charge is 2.41. The topological polar surface area (TPSA) is 147 Å². The number of sulfonamides is 1. The average molecular weight is 732 g/mol. The van der Waals surface area contributed by atoms with Crippen molar-refractivity contribution in [2.45, 2.75) is 121 Å². The summed E-state index contributed by atoms with van der Waals surface area (Å²) < 4.78 is 35.0. The molecule has 2 N–H and O–H groups in total. The highest BCUT2D eigenvalue weighted by Crippen LogP contribution is 2.41. The van der Waals surface area contributed by atoms with Crippen LogP contribution in [-0.4, -0.2) is 71.0 Å². The van der Waals surface area contributed by atoms with Crippen LogP contribution in [0.1, 0.15) is 127 Å². The summed E-state index contributed by atoms with van der Waals surface area (Å²) in [5, 5.41) is 3.21. The van der Waals surface area contributed by atoms with Crippen LogP contribution in [0.15, 0.2) is 53.7 Å². The van der Waals surface area contributed by atoms with Crippen molar-refractivity contribution in [3.05, 3.63) is 71.2 Å². The lowest BCUT2D eigenvalue weighted by atomic mass is 9.89. The summed E-state index contributed by atoms with van der Waals surface area (Å²) in [4.78, 5) is 44.7. The van der Waals surface area contributed by atoms with Crippen LogP contribution in [-0.2, 0) is 20.2 Å². The number of hydrogen-bond acceptors (Lipinski definition) is 10. The van der Waals surface area contributed by atoms with Crippen LogP contribution in [0.25, 0.3) is 0 Å². The monoisotopic (exact) mass is 731 g/mol. The van der Waals surface area contributed by atoms with Gasteiger partial charge in [0.05, 0.1) is 17.3 Å². The number of carbonyl (C=O) groups excluding carboxylic acids is 2. The van der Waals surface area contributed by atoms with Gasteiger partial charge in [0.2, 0.25) is 0 Å². The zero-order chi connectivity index (χ0) is 37.6. The fourth-order valence-corrected chi connectivity index (χ4v) is 8.47. The summed E-state index contributed by atoms with van der Waals surface area (Å²) in [6, 6.07) is 12.1. The molecule has 1 unspecified atom stereocenters. The lowest BCUT2D eigenvalue weighted by Gasteiger charge is -2.34. The van der Waals surface area contributed by atoms with Gasteiger partial charge in [0, 0.05) is 42.5 Å². The quantitative estimate of drug-likeness (QED) is 0.284. The number of ether oxygens (including phenoxy) is 1. The second-order valence-corrected chi connectivity index (χ2v) is 18.8. The molecule has 0 aliphatic carbocycles. The van der Waals surface area contributed by atoms with Gasteiger partial charge in [0.1, 0.15) is 17.2 Å². The Morgan fingerprint density at radius 3 is 2.33 bits per heavy atom. The van der Waals surface area contributed by atoms with Gasteiger partial charge in [-0.15, -0.1) is 0 Å². The second kappa shape index (κ2) is 13.9. The molecule has 0 spiro atoms. The minimum atomic E-state index is -4.32. The maximum Gasteiger partial charge on any atom is 0.410 e. The standard InChI is InChI=1S/C39H53N7O5S/c1-37(2,3)31-17-14-28-34(42-31)46-24-25(22-39(46,7)8)12-15-30(41-32-10-9-11-33(43-32)52(49,50)44-35(28)47)29-16-13-27(23-40-29)26-18-20-45(21-19-26)36(48)51-38(4,5)6/h9-11,13-14,16-17,23,25-26,30H,12,15,18-22,24H2,1-8H3,(H,41,43)(H,44,47)/t25-,30?/m0/s1. The highest BCUT2D eigenvalue weighted by atomic mass is 32.2. The van der Waals surface area contributed by atoms with Crippen molar-refractivity contribution in [3.63, 3.8) is 0 Å². The van der Waals surface area contributed by atoms with E-state index in [1.807, 2.05) is 33.0 Å². The van der Waals surface area contributed by atoms with Crippen molar-refractivity contribution in [1.82, 2.24) is 24.6 Å². The molecule has 12 nitrogen and oxygen atoms in total. The Morgan fingerprint density at radius 2 is 1.67 bits per heavy atom. The summed E-state index contributed by atoms with van der Waals surface area (Å²) >= 11 is 0. The number of nitrogens with one attached hydrogen (secondary N) is 2. The minimum absolute atomic E-state index is 0.215. The number of rotatable bonds is 2. The number of fused-ring (bicyclic) bond motifs is 6. The molecule has 0 radical (unpaired) electrons. The van der Waals surface area contributed by atoms with Crippen molar-refractivity contribution >= 4 is 33.7 Å². The number of likely N-dealkylation sites (tertiary alicyclic amines) is 1. The van der Waals surface area contributed by atoms with Gasteiger partial charge in [-0.1, -0.05) is 32.9 Å². The Hall–Kier alpha value is -4.26. The number of amides is 2. The fraction of sp³-hybridized carbons (Fsp3) is 0.564. The summed E-state index contributed by atoms with van der Waals surface area (Å²) in [6.45, 7) is 18.1. The maximum absolute atomic E-state index is 13.7. The van der Waals surface area contributed by atoms with Gasteiger partial charge in [-0.3, -0.25) is 9.78 Å². The van der Waals surface area contributed by atoms with E-state index >= 15 is 0 Å². The molecule has 0 aromatic carbocycles. The van der Waals surface area contributed by atoms with Crippen LogP contribution >= 0.6 is 0 Å². The first kappa shape index (κ1) is 37.5. The predicted octanol–water partition coefficient (Wildman–Crippen LogP) is 6.95. The molecule has 2 saturated heterocycles. The van der Waals surface area contributed by atoms with E-state index < -0.39 is 21.5 Å². The third-order valence-electron chi connectivity index (χ3n) is 10.3. The summed E-state index contributed by atoms with van der Waals surface area (Å²) in [5.74, 6) is 0.698. The molecule has 0 saturated carbocycles. The summed E-state index contributed by atoms with van der Waals surface area (Å²) in [5.41, 5.74) is 1.86. The van der Waals surface area contributed by atoms with Crippen LogP contribution in [0.5, 0.6) is 0 Å². The summed E-state index contributed by atoms with van der Waals surface area (Å²) in [6.07, 6.45) is 5.78. The number of hydrogen-bond donors (Lipinski definition) is 2. The van der Waals surface area contributed by atoms with Gasteiger partial charge in [-0.05, 0) is 114 Å².